The average molecular weight is 509 g/mol. The number of fused-ring (bicyclic) bond motifs is 1. The summed E-state index contributed by atoms with van der Waals surface area (Å²) in [6, 6.07) is 12.2. The molecule has 0 spiro atoms. The fraction of sp³-hybridized carbons (Fsp3) is 0.240. The summed E-state index contributed by atoms with van der Waals surface area (Å²) in [5.41, 5.74) is 2.44. The number of methoxy groups -OCH3 is 3. The number of carbonyl (C=O) groups is 1. The Morgan fingerprint density at radius 1 is 0.892 bits per heavy atom. The third kappa shape index (κ3) is 5.14. The number of nitrogens with one attached hydrogen (secondary N) is 1. The molecule has 1 amide bonds. The van der Waals surface area contributed by atoms with E-state index in [1.165, 1.54) is 21.3 Å². The minimum atomic E-state index is -0.424. The molecule has 192 valence electrons. The lowest BCUT2D eigenvalue weighted by molar-refractivity contribution is -0.121. The fourth-order valence-corrected chi connectivity index (χ4v) is 3.69. The highest BCUT2D eigenvalue weighted by molar-refractivity contribution is 5.90. The van der Waals surface area contributed by atoms with E-state index >= 15 is 0 Å². The van der Waals surface area contributed by atoms with Crippen LogP contribution in [0.4, 0.5) is 5.88 Å². The van der Waals surface area contributed by atoms with Gasteiger partial charge in [0.05, 0.1) is 27.9 Å². The number of rotatable bonds is 10. The van der Waals surface area contributed by atoms with Gasteiger partial charge < -0.3 is 37.5 Å². The second-order valence-corrected chi connectivity index (χ2v) is 7.78. The van der Waals surface area contributed by atoms with Crippen LogP contribution < -0.4 is 29.0 Å². The van der Waals surface area contributed by atoms with E-state index in [4.69, 9.17) is 37.5 Å². The molecule has 12 nitrogen and oxygen atoms in total. The van der Waals surface area contributed by atoms with Crippen molar-refractivity contribution in [3.63, 3.8) is 0 Å². The standard InChI is InChI=1S/C25H23N3O9/c1-30-21-7-15(8-22(31-2)25(21)32-3)17-10-24(37-28-17)26-23(29)12-33-11-16-9-19(36-27-16)14-4-5-18-20(6-14)35-13-34-18/h4-10H,11-13H2,1-3H3,(H,26,29). The number of ether oxygens (including phenoxy) is 6. The van der Waals surface area contributed by atoms with Crippen molar-refractivity contribution in [2.24, 2.45) is 0 Å². The van der Waals surface area contributed by atoms with Crippen molar-refractivity contribution in [3.05, 3.63) is 48.2 Å². The molecule has 1 aliphatic rings. The molecular weight excluding hydrogens is 486 g/mol. The van der Waals surface area contributed by atoms with Crippen LogP contribution in [0.15, 0.2) is 51.5 Å². The van der Waals surface area contributed by atoms with Gasteiger partial charge in [0.1, 0.15) is 18.0 Å². The molecule has 0 unspecified atom stereocenters. The van der Waals surface area contributed by atoms with Crippen molar-refractivity contribution in [2.75, 3.05) is 40.0 Å². The van der Waals surface area contributed by atoms with E-state index < -0.39 is 5.91 Å². The smallest absolute Gasteiger partial charge is 0.252 e. The molecule has 0 aliphatic carbocycles. The second-order valence-electron chi connectivity index (χ2n) is 7.78. The largest absolute Gasteiger partial charge is 0.493 e. The molecule has 0 bridgehead atoms. The number of hydrogen-bond acceptors (Lipinski definition) is 11. The van der Waals surface area contributed by atoms with Crippen molar-refractivity contribution in [1.82, 2.24) is 10.3 Å². The molecule has 1 aliphatic heterocycles. The van der Waals surface area contributed by atoms with Gasteiger partial charge in [0.25, 0.3) is 5.91 Å². The van der Waals surface area contributed by atoms with Gasteiger partial charge >= 0.3 is 0 Å². The first-order valence-corrected chi connectivity index (χ1v) is 11.1. The number of amides is 1. The molecule has 0 atom stereocenters. The lowest BCUT2D eigenvalue weighted by Crippen LogP contribution is -2.17. The predicted molar refractivity (Wildman–Crippen MR) is 128 cm³/mol. The van der Waals surface area contributed by atoms with Crippen LogP contribution in [0.25, 0.3) is 22.6 Å². The van der Waals surface area contributed by atoms with Crippen molar-refractivity contribution < 1.29 is 42.3 Å². The van der Waals surface area contributed by atoms with E-state index in [-0.39, 0.29) is 25.9 Å². The summed E-state index contributed by atoms with van der Waals surface area (Å²) in [6.45, 7) is 0.0394. The average Bonchev–Trinajstić information content (AvgIpc) is 3.68. The second kappa shape index (κ2) is 10.5. The van der Waals surface area contributed by atoms with Crippen LogP contribution in [0.2, 0.25) is 0 Å². The van der Waals surface area contributed by atoms with Crippen LogP contribution in [-0.4, -0.2) is 50.9 Å². The molecule has 2 aromatic carbocycles. The van der Waals surface area contributed by atoms with Crippen LogP contribution in [0.1, 0.15) is 5.69 Å². The van der Waals surface area contributed by atoms with E-state index in [1.54, 1.807) is 30.3 Å². The Labute approximate surface area is 210 Å². The Morgan fingerprint density at radius 2 is 1.68 bits per heavy atom. The summed E-state index contributed by atoms with van der Waals surface area (Å²) in [5, 5.41) is 10.6. The zero-order chi connectivity index (χ0) is 25.8. The first-order chi connectivity index (χ1) is 18.1. The molecule has 3 heterocycles. The van der Waals surface area contributed by atoms with Gasteiger partial charge in [-0.15, -0.1) is 0 Å². The summed E-state index contributed by atoms with van der Waals surface area (Å²) in [7, 11) is 4.56. The highest BCUT2D eigenvalue weighted by Crippen LogP contribution is 2.41. The van der Waals surface area contributed by atoms with E-state index in [0.717, 1.165) is 5.56 Å². The van der Waals surface area contributed by atoms with E-state index in [9.17, 15) is 4.79 Å². The fourth-order valence-electron chi connectivity index (χ4n) is 3.69. The number of carbonyl (C=O) groups excluding carboxylic acids is 1. The lowest BCUT2D eigenvalue weighted by Gasteiger charge is -2.13. The lowest BCUT2D eigenvalue weighted by atomic mass is 10.1. The Morgan fingerprint density at radius 3 is 2.43 bits per heavy atom. The Hall–Kier alpha value is -4.71. The Kier molecular flexibility index (Phi) is 6.81. The first-order valence-electron chi connectivity index (χ1n) is 11.1. The van der Waals surface area contributed by atoms with Gasteiger partial charge in [0, 0.05) is 23.3 Å². The molecule has 0 saturated carbocycles. The first kappa shape index (κ1) is 24.0. The third-order valence-corrected chi connectivity index (χ3v) is 5.43. The minimum absolute atomic E-state index is 0.0779. The Bertz CT molecular complexity index is 1390. The van der Waals surface area contributed by atoms with Gasteiger partial charge in [-0.25, -0.2) is 0 Å². The normalized spacial score (nSPS) is 11.9. The summed E-state index contributed by atoms with van der Waals surface area (Å²) in [5.74, 6) is 2.99. The van der Waals surface area contributed by atoms with Crippen LogP contribution in [0.3, 0.4) is 0 Å². The summed E-state index contributed by atoms with van der Waals surface area (Å²) < 4.78 is 42.8. The van der Waals surface area contributed by atoms with Crippen LogP contribution in [0.5, 0.6) is 28.7 Å². The van der Waals surface area contributed by atoms with E-state index in [1.807, 2.05) is 12.1 Å². The molecule has 37 heavy (non-hydrogen) atoms. The maximum absolute atomic E-state index is 12.3. The third-order valence-electron chi connectivity index (χ3n) is 5.43. The monoisotopic (exact) mass is 509 g/mol. The van der Waals surface area contributed by atoms with Crippen molar-refractivity contribution >= 4 is 11.8 Å². The van der Waals surface area contributed by atoms with E-state index in [2.05, 4.69) is 15.6 Å². The maximum Gasteiger partial charge on any atom is 0.252 e. The number of aromatic nitrogens is 2. The predicted octanol–water partition coefficient (Wildman–Crippen LogP) is 3.91. The summed E-state index contributed by atoms with van der Waals surface area (Å²) in [4.78, 5) is 12.3. The van der Waals surface area contributed by atoms with Crippen molar-refractivity contribution in [3.8, 4) is 51.3 Å². The highest BCUT2D eigenvalue weighted by Gasteiger charge is 2.18. The van der Waals surface area contributed by atoms with Crippen LogP contribution in [-0.2, 0) is 16.1 Å². The molecule has 0 saturated heterocycles. The molecule has 5 rings (SSSR count). The molecule has 12 heteroatoms. The van der Waals surface area contributed by atoms with Gasteiger partial charge in [-0.2, -0.15) is 0 Å². The van der Waals surface area contributed by atoms with Crippen LogP contribution in [0, 0.1) is 0 Å². The van der Waals surface area contributed by atoms with Crippen molar-refractivity contribution in [2.45, 2.75) is 6.61 Å². The maximum atomic E-state index is 12.3. The molecule has 0 fully saturated rings. The summed E-state index contributed by atoms with van der Waals surface area (Å²) in [6.07, 6.45) is 0. The van der Waals surface area contributed by atoms with Gasteiger partial charge in [0.2, 0.25) is 18.4 Å². The molecule has 2 aromatic heterocycles. The molecule has 1 N–H and O–H groups in total. The highest BCUT2D eigenvalue weighted by atomic mass is 16.7. The zero-order valence-corrected chi connectivity index (χ0v) is 20.2. The zero-order valence-electron chi connectivity index (χ0n) is 20.2. The quantitative estimate of drug-likeness (QED) is 0.333. The topological polar surface area (TPSA) is 137 Å². The molecule has 0 radical (unpaired) electrons. The number of nitrogens with zero attached hydrogens (tertiary/aromatic N) is 2. The summed E-state index contributed by atoms with van der Waals surface area (Å²) >= 11 is 0. The number of benzene rings is 2. The van der Waals surface area contributed by atoms with Gasteiger partial charge in [-0.3, -0.25) is 10.1 Å². The van der Waals surface area contributed by atoms with Crippen LogP contribution >= 0.6 is 0 Å². The van der Waals surface area contributed by atoms with Gasteiger partial charge in [0.15, 0.2) is 28.8 Å². The number of anilines is 1. The molecular formula is C25H23N3O9. The SMILES string of the molecule is COc1cc(-c2cc(NC(=O)COCc3cc(-c4ccc5c(c4)OCO5)on3)on2)cc(OC)c1OC. The molecule has 4 aromatic rings. The Balaban J connectivity index is 1.15. The minimum Gasteiger partial charge on any atom is -0.493 e. The number of hydrogen-bond donors (Lipinski definition) is 1. The van der Waals surface area contributed by atoms with E-state index in [0.29, 0.717) is 51.5 Å². The van der Waals surface area contributed by atoms with Crippen molar-refractivity contribution in [1.29, 1.82) is 0 Å². The van der Waals surface area contributed by atoms with Gasteiger partial charge in [-0.05, 0) is 30.3 Å². The van der Waals surface area contributed by atoms with Gasteiger partial charge in [-0.1, -0.05) is 10.3 Å².